The van der Waals surface area contributed by atoms with Gasteiger partial charge >= 0.3 is 0 Å². The molecule has 0 atom stereocenters. The predicted octanol–water partition coefficient (Wildman–Crippen LogP) is 1.73. The van der Waals surface area contributed by atoms with Crippen LogP contribution in [0.5, 0.6) is 0 Å². The van der Waals surface area contributed by atoms with Crippen molar-refractivity contribution in [1.29, 1.82) is 0 Å². The zero-order chi connectivity index (χ0) is 8.43. The van der Waals surface area contributed by atoms with Gasteiger partial charge < -0.3 is 0 Å². The van der Waals surface area contributed by atoms with Crippen molar-refractivity contribution in [2.24, 2.45) is 0 Å². The first-order chi connectivity index (χ1) is 5.15. The number of hydrogen-bond donors (Lipinski definition) is 0. The predicted molar refractivity (Wildman–Crippen MR) is 44.5 cm³/mol. The minimum absolute atomic E-state index is 0.301. The van der Waals surface area contributed by atoms with Crippen molar-refractivity contribution in [3.8, 4) is 12.3 Å². The number of halogens is 1. The van der Waals surface area contributed by atoms with E-state index in [2.05, 4.69) is 15.9 Å². The number of aromatic nitrogens is 2. The van der Waals surface area contributed by atoms with E-state index in [4.69, 9.17) is 18.0 Å². The summed E-state index contributed by atoms with van der Waals surface area (Å²) in [6, 6.07) is 0. The first-order valence-corrected chi connectivity index (χ1v) is 3.50. The number of rotatable bonds is 0. The Hall–Kier alpha value is -1.07. The number of nitrogens with zero attached hydrogens (tertiary/aromatic N) is 2. The first kappa shape index (κ1) is 8.03. The van der Waals surface area contributed by atoms with Crippen LogP contribution in [-0.2, 0) is 0 Å². The van der Waals surface area contributed by atoms with E-state index in [1.165, 1.54) is 0 Å². The molecule has 56 valence electrons. The van der Waals surface area contributed by atoms with Gasteiger partial charge in [0.05, 0.1) is 11.4 Å². The lowest BCUT2D eigenvalue weighted by molar-refractivity contribution is 1.03. The molecular formula is C8H7ClN2. The van der Waals surface area contributed by atoms with E-state index in [1.807, 2.05) is 13.8 Å². The van der Waals surface area contributed by atoms with Crippen molar-refractivity contribution < 1.29 is 0 Å². The average molecular weight is 167 g/mol. The second-order valence-electron chi connectivity index (χ2n) is 2.18. The van der Waals surface area contributed by atoms with Gasteiger partial charge in [-0.2, -0.15) is 0 Å². The van der Waals surface area contributed by atoms with Gasteiger partial charge in [-0.15, -0.1) is 6.42 Å². The third-order valence-corrected chi connectivity index (χ3v) is 1.66. The standard InChI is InChI=1S/C8H7ClN2/c1-4-7-8(9)11-6(3)5(2)10-7/h1H,2-3H3. The molecule has 0 bridgehead atoms. The van der Waals surface area contributed by atoms with Crippen LogP contribution in [0, 0.1) is 26.2 Å². The third-order valence-electron chi connectivity index (χ3n) is 1.40. The molecule has 0 saturated carbocycles. The lowest BCUT2D eigenvalue weighted by Gasteiger charge is -1.99. The van der Waals surface area contributed by atoms with Crippen LogP contribution in [0.3, 0.4) is 0 Å². The lowest BCUT2D eigenvalue weighted by atomic mass is 10.3. The van der Waals surface area contributed by atoms with Crippen LogP contribution < -0.4 is 0 Å². The van der Waals surface area contributed by atoms with Crippen LogP contribution in [0.25, 0.3) is 0 Å². The Kier molecular flexibility index (Phi) is 2.11. The summed E-state index contributed by atoms with van der Waals surface area (Å²) in [5.74, 6) is 2.36. The van der Waals surface area contributed by atoms with Gasteiger partial charge in [-0.1, -0.05) is 11.6 Å². The maximum Gasteiger partial charge on any atom is 0.163 e. The number of hydrogen-bond acceptors (Lipinski definition) is 2. The van der Waals surface area contributed by atoms with Crippen molar-refractivity contribution in [1.82, 2.24) is 9.97 Å². The van der Waals surface area contributed by atoms with Crippen molar-refractivity contribution >= 4 is 11.6 Å². The highest BCUT2D eigenvalue weighted by atomic mass is 35.5. The molecule has 1 aromatic heterocycles. The van der Waals surface area contributed by atoms with E-state index >= 15 is 0 Å². The molecule has 11 heavy (non-hydrogen) atoms. The summed E-state index contributed by atoms with van der Waals surface area (Å²) in [5.41, 5.74) is 2.05. The summed E-state index contributed by atoms with van der Waals surface area (Å²) in [4.78, 5) is 8.06. The van der Waals surface area contributed by atoms with Crippen molar-refractivity contribution in [3.63, 3.8) is 0 Å². The fourth-order valence-electron chi connectivity index (χ4n) is 0.668. The molecule has 0 amide bonds. The van der Waals surface area contributed by atoms with Crippen LogP contribution in [0.1, 0.15) is 17.1 Å². The second-order valence-corrected chi connectivity index (χ2v) is 2.54. The Morgan fingerprint density at radius 3 is 2.36 bits per heavy atom. The number of aryl methyl sites for hydroxylation is 2. The minimum Gasteiger partial charge on any atom is -0.239 e. The van der Waals surface area contributed by atoms with Gasteiger partial charge in [0.25, 0.3) is 0 Å². The fraction of sp³-hybridized carbons (Fsp3) is 0.250. The van der Waals surface area contributed by atoms with Crippen molar-refractivity contribution in [2.75, 3.05) is 0 Å². The molecule has 0 saturated heterocycles. The molecule has 0 spiro atoms. The van der Waals surface area contributed by atoms with E-state index in [0.29, 0.717) is 10.8 Å². The highest BCUT2D eigenvalue weighted by molar-refractivity contribution is 6.30. The largest absolute Gasteiger partial charge is 0.239 e. The zero-order valence-electron chi connectivity index (χ0n) is 6.35. The average Bonchev–Trinajstić information content (AvgIpc) is 1.97. The van der Waals surface area contributed by atoms with Crippen LogP contribution in [0.2, 0.25) is 5.15 Å². The molecule has 1 heterocycles. The van der Waals surface area contributed by atoms with Gasteiger partial charge in [-0.05, 0) is 19.8 Å². The molecule has 0 aromatic carbocycles. The highest BCUT2D eigenvalue weighted by Gasteiger charge is 2.02. The monoisotopic (exact) mass is 166 g/mol. The van der Waals surface area contributed by atoms with Gasteiger partial charge in [-0.25, -0.2) is 9.97 Å². The summed E-state index contributed by atoms with van der Waals surface area (Å²) < 4.78 is 0. The maximum atomic E-state index is 5.69. The Morgan fingerprint density at radius 2 is 1.82 bits per heavy atom. The summed E-state index contributed by atoms with van der Waals surface area (Å²) in [5, 5.41) is 0.301. The van der Waals surface area contributed by atoms with E-state index in [0.717, 1.165) is 11.4 Å². The Balaban J connectivity index is 3.35. The minimum atomic E-state index is 0.301. The molecular weight excluding hydrogens is 160 g/mol. The highest BCUT2D eigenvalue weighted by Crippen LogP contribution is 2.11. The van der Waals surface area contributed by atoms with E-state index in [1.54, 1.807) is 0 Å². The summed E-state index contributed by atoms with van der Waals surface area (Å²) in [7, 11) is 0. The molecule has 1 rings (SSSR count). The van der Waals surface area contributed by atoms with Crippen LogP contribution >= 0.6 is 11.6 Å². The molecule has 2 nitrogen and oxygen atoms in total. The van der Waals surface area contributed by atoms with Crippen molar-refractivity contribution in [3.05, 3.63) is 22.2 Å². The topological polar surface area (TPSA) is 25.8 Å². The first-order valence-electron chi connectivity index (χ1n) is 3.12. The van der Waals surface area contributed by atoms with Gasteiger partial charge in [0.1, 0.15) is 0 Å². The van der Waals surface area contributed by atoms with Crippen molar-refractivity contribution in [2.45, 2.75) is 13.8 Å². The second kappa shape index (κ2) is 2.89. The Bertz CT molecular complexity index is 326. The molecule has 1 aromatic rings. The summed E-state index contributed by atoms with van der Waals surface area (Å²) >= 11 is 5.69. The smallest absolute Gasteiger partial charge is 0.163 e. The Morgan fingerprint density at radius 1 is 1.27 bits per heavy atom. The SMILES string of the molecule is C#Cc1nc(C)c(C)nc1Cl. The van der Waals surface area contributed by atoms with E-state index in [-0.39, 0.29) is 0 Å². The number of terminal acetylenes is 1. The quantitative estimate of drug-likeness (QED) is 0.549. The molecule has 0 N–H and O–H groups in total. The molecule has 0 fully saturated rings. The maximum absolute atomic E-state index is 5.69. The molecule has 0 aliphatic heterocycles. The molecule has 0 aliphatic rings. The van der Waals surface area contributed by atoms with Gasteiger partial charge in [-0.3, -0.25) is 0 Å². The van der Waals surface area contributed by atoms with E-state index in [9.17, 15) is 0 Å². The molecule has 0 radical (unpaired) electrons. The summed E-state index contributed by atoms with van der Waals surface area (Å²) in [6.07, 6.45) is 5.13. The third kappa shape index (κ3) is 1.50. The summed E-state index contributed by atoms with van der Waals surface area (Å²) in [6.45, 7) is 3.69. The molecule has 0 unspecified atom stereocenters. The fourth-order valence-corrected chi connectivity index (χ4v) is 0.891. The lowest BCUT2D eigenvalue weighted by Crippen LogP contribution is -1.95. The van der Waals surface area contributed by atoms with Crippen LogP contribution in [0.15, 0.2) is 0 Å². The zero-order valence-corrected chi connectivity index (χ0v) is 7.11. The van der Waals surface area contributed by atoms with Crippen LogP contribution in [-0.4, -0.2) is 9.97 Å². The molecule has 0 aliphatic carbocycles. The van der Waals surface area contributed by atoms with Gasteiger partial charge in [0.2, 0.25) is 0 Å². The van der Waals surface area contributed by atoms with E-state index < -0.39 is 0 Å². The molecule has 3 heteroatoms. The van der Waals surface area contributed by atoms with Gasteiger partial charge in [0.15, 0.2) is 10.8 Å². The normalized spacial score (nSPS) is 9.27. The van der Waals surface area contributed by atoms with Crippen LogP contribution in [0.4, 0.5) is 0 Å². The van der Waals surface area contributed by atoms with Gasteiger partial charge in [0, 0.05) is 0 Å². The Labute approximate surface area is 70.6 Å².